The maximum absolute atomic E-state index is 3.47. The minimum absolute atomic E-state index is 0.516. The molecule has 2 aliphatic rings. The van der Waals surface area contributed by atoms with Crippen LogP contribution in [0, 0.1) is 17.3 Å². The molecule has 2 saturated heterocycles. The molecular formula is C17H34N2. The molecule has 19 heavy (non-hydrogen) atoms. The highest BCUT2D eigenvalue weighted by molar-refractivity contribution is 4.78. The van der Waals surface area contributed by atoms with Crippen LogP contribution in [0.5, 0.6) is 0 Å². The second-order valence-corrected chi connectivity index (χ2v) is 8.03. The molecule has 0 saturated carbocycles. The molecule has 1 N–H and O–H groups in total. The fraction of sp³-hybridized carbons (Fsp3) is 1.00. The van der Waals surface area contributed by atoms with E-state index in [1.165, 1.54) is 71.2 Å². The summed E-state index contributed by atoms with van der Waals surface area (Å²) in [7, 11) is 0. The molecule has 0 aliphatic carbocycles. The Morgan fingerprint density at radius 3 is 2.16 bits per heavy atom. The number of likely N-dealkylation sites (tertiary alicyclic amines) is 1. The molecular weight excluding hydrogens is 232 g/mol. The van der Waals surface area contributed by atoms with E-state index in [0.717, 1.165) is 11.8 Å². The zero-order valence-electron chi connectivity index (χ0n) is 13.4. The van der Waals surface area contributed by atoms with Crippen LogP contribution in [0.1, 0.15) is 59.3 Å². The average Bonchev–Trinajstić information content (AvgIpc) is 2.37. The van der Waals surface area contributed by atoms with Gasteiger partial charge in [-0.05, 0) is 88.5 Å². The molecule has 2 nitrogen and oxygen atoms in total. The minimum atomic E-state index is 0.516. The Labute approximate surface area is 120 Å². The maximum Gasteiger partial charge on any atom is -0.00161 e. The van der Waals surface area contributed by atoms with Crippen LogP contribution in [0.4, 0.5) is 0 Å². The van der Waals surface area contributed by atoms with Crippen LogP contribution < -0.4 is 5.32 Å². The fourth-order valence-electron chi connectivity index (χ4n) is 3.82. The second kappa shape index (κ2) is 7.08. The zero-order valence-corrected chi connectivity index (χ0v) is 13.4. The molecule has 0 spiro atoms. The van der Waals surface area contributed by atoms with Gasteiger partial charge >= 0.3 is 0 Å². The summed E-state index contributed by atoms with van der Waals surface area (Å²) in [5.41, 5.74) is 0.516. The fourth-order valence-corrected chi connectivity index (χ4v) is 3.82. The molecule has 0 amide bonds. The SMILES string of the molecule is CC(C)(C)CC1CCN(CCC2CCNCC2)CC1. The summed E-state index contributed by atoms with van der Waals surface area (Å²) in [4.78, 5) is 2.72. The van der Waals surface area contributed by atoms with Crippen LogP contribution in [-0.2, 0) is 0 Å². The number of hydrogen-bond donors (Lipinski definition) is 1. The largest absolute Gasteiger partial charge is 0.317 e. The van der Waals surface area contributed by atoms with Gasteiger partial charge in [-0.15, -0.1) is 0 Å². The van der Waals surface area contributed by atoms with Crippen LogP contribution in [0.15, 0.2) is 0 Å². The topological polar surface area (TPSA) is 15.3 Å². The Hall–Kier alpha value is -0.0800. The third-order valence-electron chi connectivity index (χ3n) is 4.92. The lowest BCUT2D eigenvalue weighted by Gasteiger charge is -2.35. The Morgan fingerprint density at radius 2 is 1.58 bits per heavy atom. The smallest absolute Gasteiger partial charge is 0.00161 e. The van der Waals surface area contributed by atoms with Crippen LogP contribution >= 0.6 is 0 Å². The van der Waals surface area contributed by atoms with Crippen LogP contribution in [0.25, 0.3) is 0 Å². The van der Waals surface area contributed by atoms with E-state index in [1.807, 2.05) is 0 Å². The van der Waals surface area contributed by atoms with E-state index in [0.29, 0.717) is 5.41 Å². The Morgan fingerprint density at radius 1 is 0.947 bits per heavy atom. The summed E-state index contributed by atoms with van der Waals surface area (Å²) >= 11 is 0. The van der Waals surface area contributed by atoms with Crippen molar-refractivity contribution in [1.82, 2.24) is 10.2 Å². The standard InChI is InChI=1S/C17H34N2/c1-17(2,3)14-16-7-12-19(13-8-16)11-6-15-4-9-18-10-5-15/h15-16,18H,4-14H2,1-3H3. The first-order valence-corrected chi connectivity index (χ1v) is 8.46. The summed E-state index contributed by atoms with van der Waals surface area (Å²) < 4.78 is 0. The van der Waals surface area contributed by atoms with E-state index < -0.39 is 0 Å². The molecule has 0 aromatic rings. The summed E-state index contributed by atoms with van der Waals surface area (Å²) in [6.45, 7) is 13.7. The predicted molar refractivity (Wildman–Crippen MR) is 83.4 cm³/mol. The molecule has 0 radical (unpaired) electrons. The molecule has 2 aliphatic heterocycles. The number of nitrogens with zero attached hydrogens (tertiary/aromatic N) is 1. The van der Waals surface area contributed by atoms with E-state index in [9.17, 15) is 0 Å². The highest BCUT2D eigenvalue weighted by Crippen LogP contribution is 2.31. The van der Waals surface area contributed by atoms with E-state index in [4.69, 9.17) is 0 Å². The zero-order chi connectivity index (χ0) is 13.7. The van der Waals surface area contributed by atoms with Gasteiger partial charge in [0.05, 0.1) is 0 Å². The molecule has 0 unspecified atom stereocenters. The second-order valence-electron chi connectivity index (χ2n) is 8.03. The van der Waals surface area contributed by atoms with E-state index in [1.54, 1.807) is 0 Å². The molecule has 0 bridgehead atoms. The van der Waals surface area contributed by atoms with Gasteiger partial charge in [0.25, 0.3) is 0 Å². The van der Waals surface area contributed by atoms with Crippen molar-refractivity contribution in [2.24, 2.45) is 17.3 Å². The monoisotopic (exact) mass is 266 g/mol. The van der Waals surface area contributed by atoms with Crippen LogP contribution in [0.3, 0.4) is 0 Å². The molecule has 2 heteroatoms. The van der Waals surface area contributed by atoms with Crippen molar-refractivity contribution in [2.75, 3.05) is 32.7 Å². The van der Waals surface area contributed by atoms with Gasteiger partial charge in [0.15, 0.2) is 0 Å². The number of piperidine rings is 2. The lowest BCUT2D eigenvalue weighted by Crippen LogP contribution is -2.37. The molecule has 2 fully saturated rings. The maximum atomic E-state index is 3.47. The third-order valence-corrected chi connectivity index (χ3v) is 4.92. The summed E-state index contributed by atoms with van der Waals surface area (Å²) in [6, 6.07) is 0. The van der Waals surface area contributed by atoms with E-state index >= 15 is 0 Å². The first-order valence-electron chi connectivity index (χ1n) is 8.46. The van der Waals surface area contributed by atoms with Gasteiger partial charge < -0.3 is 10.2 Å². The normalized spacial score (nSPS) is 24.8. The van der Waals surface area contributed by atoms with Gasteiger partial charge in [0.2, 0.25) is 0 Å². The Kier molecular flexibility index (Phi) is 5.70. The van der Waals surface area contributed by atoms with E-state index in [2.05, 4.69) is 31.0 Å². The highest BCUT2D eigenvalue weighted by atomic mass is 15.1. The van der Waals surface area contributed by atoms with Crippen LogP contribution in [0.2, 0.25) is 0 Å². The minimum Gasteiger partial charge on any atom is -0.317 e. The molecule has 2 heterocycles. The number of hydrogen-bond acceptors (Lipinski definition) is 2. The van der Waals surface area contributed by atoms with E-state index in [-0.39, 0.29) is 0 Å². The van der Waals surface area contributed by atoms with Gasteiger partial charge in [0.1, 0.15) is 0 Å². The van der Waals surface area contributed by atoms with Gasteiger partial charge in [-0.2, -0.15) is 0 Å². The van der Waals surface area contributed by atoms with Gasteiger partial charge in [-0.25, -0.2) is 0 Å². The lowest BCUT2D eigenvalue weighted by atomic mass is 9.80. The summed E-state index contributed by atoms with van der Waals surface area (Å²) in [5.74, 6) is 1.98. The van der Waals surface area contributed by atoms with Crippen molar-refractivity contribution >= 4 is 0 Å². The number of rotatable bonds is 4. The first-order chi connectivity index (χ1) is 9.03. The third kappa shape index (κ3) is 5.83. The molecule has 0 aromatic carbocycles. The van der Waals surface area contributed by atoms with Crippen molar-refractivity contribution < 1.29 is 0 Å². The van der Waals surface area contributed by atoms with Crippen molar-refractivity contribution in [1.29, 1.82) is 0 Å². The van der Waals surface area contributed by atoms with Gasteiger partial charge in [0, 0.05) is 0 Å². The first kappa shape index (κ1) is 15.3. The lowest BCUT2D eigenvalue weighted by molar-refractivity contribution is 0.143. The molecule has 0 aromatic heterocycles. The molecule has 0 atom stereocenters. The number of nitrogens with one attached hydrogen (secondary N) is 1. The average molecular weight is 266 g/mol. The Balaban J connectivity index is 1.60. The van der Waals surface area contributed by atoms with Gasteiger partial charge in [-0.1, -0.05) is 20.8 Å². The molecule has 2 rings (SSSR count). The van der Waals surface area contributed by atoms with Crippen molar-refractivity contribution in [3.05, 3.63) is 0 Å². The van der Waals surface area contributed by atoms with Crippen molar-refractivity contribution in [2.45, 2.75) is 59.3 Å². The van der Waals surface area contributed by atoms with Gasteiger partial charge in [-0.3, -0.25) is 0 Å². The molecule has 112 valence electrons. The van der Waals surface area contributed by atoms with Crippen molar-refractivity contribution in [3.63, 3.8) is 0 Å². The highest BCUT2D eigenvalue weighted by Gasteiger charge is 2.24. The summed E-state index contributed by atoms with van der Waals surface area (Å²) in [5, 5.41) is 3.47. The Bertz CT molecular complexity index is 242. The van der Waals surface area contributed by atoms with Crippen LogP contribution in [-0.4, -0.2) is 37.6 Å². The quantitative estimate of drug-likeness (QED) is 0.837. The predicted octanol–water partition coefficient (Wildman–Crippen LogP) is 3.52. The summed E-state index contributed by atoms with van der Waals surface area (Å²) in [6.07, 6.45) is 8.52. The van der Waals surface area contributed by atoms with Crippen molar-refractivity contribution in [3.8, 4) is 0 Å².